The summed E-state index contributed by atoms with van der Waals surface area (Å²) in [7, 11) is -0.931. The topological polar surface area (TPSA) is 49.3 Å². The van der Waals surface area contributed by atoms with Crippen LogP contribution in [0.4, 0.5) is 8.78 Å². The van der Waals surface area contributed by atoms with Crippen LogP contribution in [0.5, 0.6) is 5.75 Å². The Morgan fingerprint density at radius 1 is 1.41 bits per heavy atom. The summed E-state index contributed by atoms with van der Waals surface area (Å²) in [6, 6.07) is 2.14. The molecule has 0 spiro atoms. The maximum absolute atomic E-state index is 13.0. The number of aromatic hydroxyl groups is 1. The van der Waals surface area contributed by atoms with Crippen molar-refractivity contribution in [2.24, 2.45) is 0 Å². The van der Waals surface area contributed by atoms with Gasteiger partial charge in [0, 0.05) is 35.4 Å². The molecule has 1 aromatic carbocycles. The second kappa shape index (κ2) is 6.07. The van der Waals surface area contributed by atoms with Gasteiger partial charge in [-0.25, -0.2) is 8.78 Å². The zero-order valence-electron chi connectivity index (χ0n) is 9.67. The van der Waals surface area contributed by atoms with Gasteiger partial charge in [-0.05, 0) is 24.6 Å². The molecule has 0 fully saturated rings. The first-order chi connectivity index (χ1) is 7.91. The highest BCUT2D eigenvalue weighted by atomic mass is 32.2. The number of nitrogens with one attached hydrogen (secondary N) is 1. The second-order valence-corrected chi connectivity index (χ2v) is 5.65. The van der Waals surface area contributed by atoms with E-state index in [-0.39, 0.29) is 11.8 Å². The molecule has 0 radical (unpaired) electrons. The Balaban J connectivity index is 2.56. The summed E-state index contributed by atoms with van der Waals surface area (Å²) in [5.41, 5.74) is 0.395. The Morgan fingerprint density at radius 2 is 1.94 bits per heavy atom. The smallest absolute Gasteiger partial charge is 0.187 e. The largest absolute Gasteiger partial charge is 0.503 e. The van der Waals surface area contributed by atoms with E-state index in [9.17, 15) is 13.0 Å². The third kappa shape index (κ3) is 4.05. The average Bonchev–Trinajstić information content (AvgIpc) is 2.25. The number of halogens is 2. The first-order valence-corrected chi connectivity index (χ1v) is 6.73. The number of hydrogen-bond acceptors (Lipinski definition) is 3. The quantitative estimate of drug-likeness (QED) is 0.847. The fraction of sp³-hybridized carbons (Fsp3) is 0.455. The molecule has 1 aromatic rings. The highest BCUT2D eigenvalue weighted by Crippen LogP contribution is 2.21. The highest BCUT2D eigenvalue weighted by Gasteiger charge is 2.10. The van der Waals surface area contributed by atoms with Crippen molar-refractivity contribution in [1.29, 1.82) is 0 Å². The fourth-order valence-corrected chi connectivity index (χ4v) is 1.61. The molecule has 6 heteroatoms. The number of benzene rings is 1. The minimum absolute atomic E-state index is 0.0261. The minimum atomic E-state index is -0.978. The minimum Gasteiger partial charge on any atom is -0.503 e. The van der Waals surface area contributed by atoms with Crippen molar-refractivity contribution in [2.75, 3.05) is 12.8 Å². The van der Waals surface area contributed by atoms with Crippen molar-refractivity contribution in [3.8, 4) is 5.75 Å². The summed E-state index contributed by atoms with van der Waals surface area (Å²) in [6.07, 6.45) is 1.60. The Hall–Kier alpha value is -1.01. The van der Waals surface area contributed by atoms with Crippen LogP contribution in [0.3, 0.4) is 0 Å². The van der Waals surface area contributed by atoms with Gasteiger partial charge in [0.05, 0.1) is 0 Å². The van der Waals surface area contributed by atoms with E-state index in [1.165, 1.54) is 0 Å². The van der Waals surface area contributed by atoms with Crippen LogP contribution in [-0.2, 0) is 17.3 Å². The van der Waals surface area contributed by atoms with E-state index in [2.05, 4.69) is 5.32 Å². The summed E-state index contributed by atoms with van der Waals surface area (Å²) < 4.78 is 37.0. The maximum Gasteiger partial charge on any atom is 0.187 e. The molecule has 0 aliphatic carbocycles. The van der Waals surface area contributed by atoms with Crippen molar-refractivity contribution >= 4 is 10.8 Å². The van der Waals surface area contributed by atoms with Crippen LogP contribution in [0.2, 0.25) is 0 Å². The lowest BCUT2D eigenvalue weighted by Crippen LogP contribution is -2.27. The number of phenols is 1. The average molecular weight is 263 g/mol. The monoisotopic (exact) mass is 263 g/mol. The lowest BCUT2D eigenvalue weighted by Gasteiger charge is -2.10. The Labute approximate surface area is 101 Å². The van der Waals surface area contributed by atoms with Crippen molar-refractivity contribution in [2.45, 2.75) is 18.7 Å². The van der Waals surface area contributed by atoms with Crippen molar-refractivity contribution in [1.82, 2.24) is 5.32 Å². The van der Waals surface area contributed by atoms with Gasteiger partial charge in [0.1, 0.15) is 0 Å². The first kappa shape index (κ1) is 14.1. The standard InChI is InChI=1S/C11H15F2NO2S/c1-7(17(2)16)5-14-6-8-3-9(12)11(15)10(13)4-8/h3-4,7,14-15H,5-6H2,1-2H3. The van der Waals surface area contributed by atoms with E-state index in [0.29, 0.717) is 12.1 Å². The fourth-order valence-electron chi connectivity index (χ4n) is 1.26. The third-order valence-electron chi connectivity index (χ3n) is 2.40. The van der Waals surface area contributed by atoms with Crippen LogP contribution in [0.1, 0.15) is 12.5 Å². The molecule has 2 N–H and O–H groups in total. The molecule has 17 heavy (non-hydrogen) atoms. The third-order valence-corrected chi connectivity index (χ3v) is 3.70. The summed E-state index contributed by atoms with van der Waals surface area (Å²) in [6.45, 7) is 2.57. The molecule has 0 aliphatic heterocycles. The molecule has 1 rings (SSSR count). The zero-order valence-corrected chi connectivity index (χ0v) is 10.5. The summed E-state index contributed by atoms with van der Waals surface area (Å²) in [4.78, 5) is 0. The van der Waals surface area contributed by atoms with Crippen LogP contribution in [-0.4, -0.2) is 27.4 Å². The molecular formula is C11H15F2NO2S. The van der Waals surface area contributed by atoms with E-state index < -0.39 is 28.2 Å². The van der Waals surface area contributed by atoms with Gasteiger partial charge in [0.25, 0.3) is 0 Å². The Morgan fingerprint density at radius 3 is 2.41 bits per heavy atom. The van der Waals surface area contributed by atoms with Crippen molar-refractivity contribution in [3.05, 3.63) is 29.3 Å². The van der Waals surface area contributed by atoms with Gasteiger partial charge in [-0.15, -0.1) is 0 Å². The Bertz CT molecular complexity index is 403. The molecule has 0 heterocycles. The molecule has 2 unspecified atom stereocenters. The number of rotatable bonds is 5. The predicted molar refractivity (Wildman–Crippen MR) is 63.3 cm³/mol. The van der Waals surface area contributed by atoms with Crippen LogP contribution < -0.4 is 5.32 Å². The molecule has 0 bridgehead atoms. The van der Waals surface area contributed by atoms with Gasteiger partial charge in [0.2, 0.25) is 0 Å². The van der Waals surface area contributed by atoms with Crippen molar-refractivity contribution < 1.29 is 18.1 Å². The van der Waals surface area contributed by atoms with E-state index in [1.54, 1.807) is 6.26 Å². The van der Waals surface area contributed by atoms with E-state index in [0.717, 1.165) is 12.1 Å². The van der Waals surface area contributed by atoms with Crippen LogP contribution in [0.25, 0.3) is 0 Å². The molecule has 0 aromatic heterocycles. The van der Waals surface area contributed by atoms with E-state index in [4.69, 9.17) is 5.11 Å². The van der Waals surface area contributed by atoms with Crippen LogP contribution in [0.15, 0.2) is 12.1 Å². The number of hydrogen-bond donors (Lipinski definition) is 2. The summed E-state index contributed by atoms with van der Waals surface area (Å²) >= 11 is 0. The lowest BCUT2D eigenvalue weighted by molar-refractivity contribution is 0.395. The molecule has 0 saturated carbocycles. The van der Waals surface area contributed by atoms with Gasteiger partial charge >= 0.3 is 0 Å². The zero-order chi connectivity index (χ0) is 13.0. The molecule has 0 amide bonds. The molecule has 0 aliphatic rings. The summed E-state index contributed by atoms with van der Waals surface area (Å²) in [5, 5.41) is 11.8. The predicted octanol–water partition coefficient (Wildman–Crippen LogP) is 1.53. The summed E-state index contributed by atoms with van der Waals surface area (Å²) in [5.74, 6) is -2.92. The number of phenolic OH excluding ortho intramolecular Hbond substituents is 1. The van der Waals surface area contributed by atoms with E-state index in [1.807, 2.05) is 6.92 Å². The lowest BCUT2D eigenvalue weighted by atomic mass is 10.2. The van der Waals surface area contributed by atoms with Gasteiger partial charge < -0.3 is 10.4 Å². The van der Waals surface area contributed by atoms with Crippen LogP contribution >= 0.6 is 0 Å². The van der Waals surface area contributed by atoms with Gasteiger partial charge in [-0.2, -0.15) is 0 Å². The molecule has 0 saturated heterocycles. The van der Waals surface area contributed by atoms with E-state index >= 15 is 0 Å². The molecule has 96 valence electrons. The molecular weight excluding hydrogens is 248 g/mol. The van der Waals surface area contributed by atoms with Gasteiger partial charge in [-0.3, -0.25) is 4.21 Å². The normalized spacial score (nSPS) is 14.6. The molecule has 2 atom stereocenters. The van der Waals surface area contributed by atoms with Crippen LogP contribution in [0, 0.1) is 11.6 Å². The Kier molecular flexibility index (Phi) is 5.02. The molecule has 3 nitrogen and oxygen atoms in total. The SMILES string of the molecule is CC(CNCc1cc(F)c(O)c(F)c1)S(C)=O. The van der Waals surface area contributed by atoms with Crippen molar-refractivity contribution in [3.63, 3.8) is 0 Å². The highest BCUT2D eigenvalue weighted by molar-refractivity contribution is 7.84. The first-order valence-electron chi connectivity index (χ1n) is 5.11. The van der Waals surface area contributed by atoms with Gasteiger partial charge in [-0.1, -0.05) is 0 Å². The maximum atomic E-state index is 13.0. The second-order valence-electron chi connectivity index (χ2n) is 3.85. The van der Waals surface area contributed by atoms with Gasteiger partial charge in [0.15, 0.2) is 17.4 Å².